The summed E-state index contributed by atoms with van der Waals surface area (Å²) in [4.78, 5) is 0. The van der Waals surface area contributed by atoms with Crippen LogP contribution >= 0.6 is 0 Å². The monoisotopic (exact) mass is 267 g/mol. The third-order valence-corrected chi connectivity index (χ3v) is 2.34. The van der Waals surface area contributed by atoms with Gasteiger partial charge in [0.15, 0.2) is 0 Å². The van der Waals surface area contributed by atoms with Crippen LogP contribution in [0.3, 0.4) is 0 Å². The molecule has 77 valence electrons. The Morgan fingerprint density at radius 2 is 1.71 bits per heavy atom. The normalized spacial score (nSPS) is 16.6. The molecule has 0 aromatic rings. The average molecular weight is 267 g/mol. The van der Waals surface area contributed by atoms with Crippen molar-refractivity contribution in [3.63, 3.8) is 0 Å². The minimum absolute atomic E-state index is 0. The summed E-state index contributed by atoms with van der Waals surface area (Å²) in [5.41, 5.74) is 4.05. The Labute approximate surface area is 113 Å². The van der Waals surface area contributed by atoms with Crippen LogP contribution < -0.4 is 5.32 Å². The maximum Gasteiger partial charge on any atom is 0.00268 e. The Balaban J connectivity index is 0.00000169. The molecule has 14 heavy (non-hydrogen) atoms. The molecule has 0 aromatic carbocycles. The number of rotatable bonds is 2. The number of allylic oxidation sites excluding steroid dienone is 3. The molecular weight excluding hydrogens is 247 g/mol. The van der Waals surface area contributed by atoms with Crippen LogP contribution in [0.25, 0.3) is 0 Å². The predicted octanol–water partition coefficient (Wildman–Crippen LogP) is 2.90. The van der Waals surface area contributed by atoms with E-state index in [9.17, 15) is 0 Å². The van der Waals surface area contributed by atoms with Crippen molar-refractivity contribution >= 4 is 0 Å². The van der Waals surface area contributed by atoms with E-state index in [1.165, 1.54) is 16.8 Å². The van der Waals surface area contributed by atoms with Gasteiger partial charge in [0, 0.05) is 39.3 Å². The molecule has 0 saturated heterocycles. The second kappa shape index (κ2) is 6.07. The van der Waals surface area contributed by atoms with E-state index < -0.39 is 0 Å². The number of hydrogen-bond acceptors (Lipinski definition) is 1. The summed E-state index contributed by atoms with van der Waals surface area (Å²) < 4.78 is 0. The van der Waals surface area contributed by atoms with Gasteiger partial charge in [-0.1, -0.05) is 46.5 Å². The zero-order valence-electron chi connectivity index (χ0n) is 9.94. The van der Waals surface area contributed by atoms with Gasteiger partial charge >= 0.3 is 0 Å². The summed E-state index contributed by atoms with van der Waals surface area (Å²) >= 11 is 0. The molecule has 0 aromatic heterocycles. The Kier molecular flexibility index (Phi) is 6.24. The molecule has 0 bridgehead atoms. The van der Waals surface area contributed by atoms with Crippen molar-refractivity contribution in [2.45, 2.75) is 34.6 Å². The van der Waals surface area contributed by atoms with Crippen molar-refractivity contribution in [3.8, 4) is 0 Å². The molecule has 1 nitrogen and oxygen atoms in total. The van der Waals surface area contributed by atoms with Gasteiger partial charge in [-0.15, -0.1) is 11.3 Å². The first kappa shape index (κ1) is 14.4. The van der Waals surface area contributed by atoms with E-state index in [1.54, 1.807) is 0 Å². The molecular formula is C12H20NY-. The Hall–Kier alpha value is 0.384. The van der Waals surface area contributed by atoms with Gasteiger partial charge in [0.2, 0.25) is 0 Å². The first-order valence-corrected chi connectivity index (χ1v) is 5.09. The van der Waals surface area contributed by atoms with Crippen molar-refractivity contribution in [2.24, 2.45) is 11.8 Å². The first-order valence-electron chi connectivity index (χ1n) is 5.09. The minimum atomic E-state index is 0. The van der Waals surface area contributed by atoms with Gasteiger partial charge < -0.3 is 5.32 Å². The van der Waals surface area contributed by atoms with Gasteiger partial charge in [-0.05, 0) is 0 Å². The molecule has 0 atom stereocenters. The zero-order chi connectivity index (χ0) is 10.0. The van der Waals surface area contributed by atoms with E-state index in [-0.39, 0.29) is 32.7 Å². The third kappa shape index (κ3) is 3.51. The zero-order valence-corrected chi connectivity index (χ0v) is 12.8. The third-order valence-electron chi connectivity index (χ3n) is 2.34. The molecule has 1 aliphatic rings. The minimum Gasteiger partial charge on any atom is -0.463 e. The van der Waals surface area contributed by atoms with Crippen LogP contribution in [0.4, 0.5) is 0 Å². The van der Waals surface area contributed by atoms with E-state index in [0.29, 0.717) is 11.8 Å². The van der Waals surface area contributed by atoms with Gasteiger partial charge in [0.1, 0.15) is 0 Å². The van der Waals surface area contributed by atoms with Crippen molar-refractivity contribution < 1.29 is 32.7 Å². The molecule has 0 fully saturated rings. The molecule has 1 aliphatic heterocycles. The van der Waals surface area contributed by atoms with E-state index in [4.69, 9.17) is 0 Å². The second-order valence-electron chi connectivity index (χ2n) is 4.40. The van der Waals surface area contributed by atoms with Crippen molar-refractivity contribution in [2.75, 3.05) is 6.54 Å². The summed E-state index contributed by atoms with van der Waals surface area (Å²) in [7, 11) is 0. The molecule has 1 heterocycles. The van der Waals surface area contributed by atoms with Crippen LogP contribution in [0.5, 0.6) is 0 Å². The molecule has 2 heteroatoms. The fourth-order valence-corrected chi connectivity index (χ4v) is 1.63. The number of nitrogens with one attached hydrogen (secondary N) is 1. The molecule has 1 radical (unpaired) electrons. The predicted molar refractivity (Wildman–Crippen MR) is 57.1 cm³/mol. The average Bonchev–Trinajstić information content (AvgIpc) is 2.03. The topological polar surface area (TPSA) is 12.0 Å². The summed E-state index contributed by atoms with van der Waals surface area (Å²) in [6.07, 6.45) is 3.48. The van der Waals surface area contributed by atoms with Gasteiger partial charge in [0.25, 0.3) is 0 Å². The summed E-state index contributed by atoms with van der Waals surface area (Å²) in [6.45, 7) is 12.0. The molecule has 0 amide bonds. The Morgan fingerprint density at radius 1 is 1.14 bits per heavy atom. The van der Waals surface area contributed by atoms with Crippen LogP contribution in [0.2, 0.25) is 0 Å². The maximum atomic E-state index is 3.48. The van der Waals surface area contributed by atoms with Crippen LogP contribution in [-0.2, 0) is 32.7 Å². The smallest absolute Gasteiger partial charge is 0.00268 e. The van der Waals surface area contributed by atoms with Crippen LogP contribution in [0.1, 0.15) is 34.6 Å². The van der Waals surface area contributed by atoms with E-state index in [2.05, 4.69) is 46.0 Å². The Bertz CT molecular complexity index is 249. The van der Waals surface area contributed by atoms with Crippen molar-refractivity contribution in [1.82, 2.24) is 5.32 Å². The van der Waals surface area contributed by atoms with Gasteiger partial charge in [0.05, 0.1) is 0 Å². The number of hydrogen-bond donors (Lipinski definition) is 1. The standard InChI is InChI=1S/C12H20N.Y/c1-8(2)11-6-10(5)7-13-12(11)9(3)4;/h8-9,13H,7H2,1-5H3;/q-1;. The quantitative estimate of drug-likeness (QED) is 0.758. The summed E-state index contributed by atoms with van der Waals surface area (Å²) in [5.74, 6) is 1.15. The largest absolute Gasteiger partial charge is 0.463 e. The molecule has 1 rings (SSSR count). The molecule has 1 N–H and O–H groups in total. The number of dihydropyridines is 1. The molecule has 0 aliphatic carbocycles. The molecule has 0 saturated carbocycles. The van der Waals surface area contributed by atoms with Crippen LogP contribution in [0.15, 0.2) is 16.8 Å². The van der Waals surface area contributed by atoms with Gasteiger partial charge in [-0.2, -0.15) is 5.57 Å². The second-order valence-corrected chi connectivity index (χ2v) is 4.40. The SMILES string of the molecule is CC1=[C-]C(C(C)C)=C(C(C)C)NC1.[Y]. The first-order chi connectivity index (χ1) is 6.02. The van der Waals surface area contributed by atoms with Crippen molar-refractivity contribution in [3.05, 3.63) is 22.9 Å². The summed E-state index contributed by atoms with van der Waals surface area (Å²) in [6, 6.07) is 0. The Morgan fingerprint density at radius 3 is 2.14 bits per heavy atom. The van der Waals surface area contributed by atoms with E-state index >= 15 is 0 Å². The van der Waals surface area contributed by atoms with Crippen LogP contribution in [0, 0.1) is 17.9 Å². The fourth-order valence-electron chi connectivity index (χ4n) is 1.63. The van der Waals surface area contributed by atoms with Crippen molar-refractivity contribution in [1.29, 1.82) is 0 Å². The molecule has 0 spiro atoms. The van der Waals surface area contributed by atoms with Crippen LogP contribution in [-0.4, -0.2) is 6.54 Å². The maximum absolute atomic E-state index is 3.48. The summed E-state index contributed by atoms with van der Waals surface area (Å²) in [5, 5.41) is 3.48. The van der Waals surface area contributed by atoms with Gasteiger partial charge in [-0.25, -0.2) is 6.08 Å². The van der Waals surface area contributed by atoms with E-state index in [1.807, 2.05) is 0 Å². The fraction of sp³-hybridized carbons (Fsp3) is 0.667. The van der Waals surface area contributed by atoms with E-state index in [0.717, 1.165) is 6.54 Å². The van der Waals surface area contributed by atoms with Gasteiger partial charge in [-0.3, -0.25) is 0 Å². The molecule has 0 unspecified atom stereocenters.